The van der Waals surface area contributed by atoms with Gasteiger partial charge in [-0.2, -0.15) is 0 Å². The normalized spacial score (nSPS) is 11.1. The van der Waals surface area contributed by atoms with Crippen LogP contribution in [-0.4, -0.2) is 11.3 Å². The highest BCUT2D eigenvalue weighted by Gasteiger charge is 2.04. The highest BCUT2D eigenvalue weighted by molar-refractivity contribution is 9.10. The summed E-state index contributed by atoms with van der Waals surface area (Å²) in [6.07, 6.45) is 1.56. The second-order valence-corrected chi connectivity index (χ2v) is 4.77. The fourth-order valence-electron chi connectivity index (χ4n) is 1.53. The molecule has 0 saturated heterocycles. The van der Waals surface area contributed by atoms with Crippen LogP contribution in [0, 0.1) is 12.7 Å². The van der Waals surface area contributed by atoms with Crippen molar-refractivity contribution in [3.8, 4) is 5.75 Å². The van der Waals surface area contributed by atoms with Crippen LogP contribution in [-0.2, 0) is 0 Å². The molecule has 2 rings (SSSR count). The molecule has 4 heteroatoms. The van der Waals surface area contributed by atoms with Gasteiger partial charge in [0.25, 0.3) is 0 Å². The van der Waals surface area contributed by atoms with Gasteiger partial charge in [-0.1, -0.05) is 0 Å². The predicted octanol–water partition coefficient (Wildman–Crippen LogP) is 4.35. The van der Waals surface area contributed by atoms with Crippen molar-refractivity contribution in [2.45, 2.75) is 6.92 Å². The van der Waals surface area contributed by atoms with Crippen LogP contribution >= 0.6 is 15.9 Å². The van der Waals surface area contributed by atoms with E-state index in [2.05, 4.69) is 20.9 Å². The van der Waals surface area contributed by atoms with Gasteiger partial charge in [0.2, 0.25) is 0 Å². The van der Waals surface area contributed by atoms with Gasteiger partial charge in [-0.15, -0.1) is 0 Å². The molecule has 0 aliphatic rings. The van der Waals surface area contributed by atoms with Gasteiger partial charge in [0, 0.05) is 11.8 Å². The minimum atomic E-state index is -0.296. The van der Waals surface area contributed by atoms with Crippen molar-refractivity contribution >= 4 is 27.8 Å². The summed E-state index contributed by atoms with van der Waals surface area (Å²) in [6, 6.07) is 9.50. The van der Waals surface area contributed by atoms with E-state index in [1.165, 1.54) is 12.1 Å². The average Bonchev–Trinajstić information content (AvgIpc) is 2.34. The SMILES string of the molecule is Cc1cc(Br)c(O)c(C=Nc2ccc(F)cc2)c1. The van der Waals surface area contributed by atoms with Crippen LogP contribution in [0.15, 0.2) is 45.9 Å². The summed E-state index contributed by atoms with van der Waals surface area (Å²) in [5, 5.41) is 9.85. The number of nitrogens with zero attached hydrogens (tertiary/aromatic N) is 1. The number of hydrogen-bond donors (Lipinski definition) is 1. The third kappa shape index (κ3) is 2.96. The van der Waals surface area contributed by atoms with Crippen LogP contribution in [0.4, 0.5) is 10.1 Å². The molecule has 0 saturated carbocycles. The van der Waals surface area contributed by atoms with Gasteiger partial charge in [-0.25, -0.2) is 4.39 Å². The Balaban J connectivity index is 2.31. The summed E-state index contributed by atoms with van der Waals surface area (Å²) < 4.78 is 13.3. The Bertz CT molecular complexity index is 593. The Kier molecular flexibility index (Phi) is 3.77. The first-order chi connectivity index (χ1) is 8.56. The molecule has 0 heterocycles. The van der Waals surface area contributed by atoms with Gasteiger partial charge in [-0.3, -0.25) is 4.99 Å². The number of aryl methyl sites for hydroxylation is 1. The van der Waals surface area contributed by atoms with E-state index in [4.69, 9.17) is 0 Å². The summed E-state index contributed by atoms with van der Waals surface area (Å²) in [5.41, 5.74) is 2.26. The summed E-state index contributed by atoms with van der Waals surface area (Å²) in [7, 11) is 0. The van der Waals surface area contributed by atoms with Crippen molar-refractivity contribution in [1.82, 2.24) is 0 Å². The second kappa shape index (κ2) is 5.31. The third-order valence-electron chi connectivity index (χ3n) is 2.42. The van der Waals surface area contributed by atoms with E-state index in [1.54, 1.807) is 18.3 Å². The van der Waals surface area contributed by atoms with Crippen molar-refractivity contribution in [1.29, 1.82) is 0 Å². The van der Waals surface area contributed by atoms with Gasteiger partial charge in [0.1, 0.15) is 11.6 Å². The standard InChI is InChI=1S/C14H11BrFNO/c1-9-6-10(14(18)13(15)7-9)8-17-12-4-2-11(16)3-5-12/h2-8,18H,1H3. The zero-order valence-corrected chi connectivity index (χ0v) is 11.3. The Morgan fingerprint density at radius 2 is 1.89 bits per heavy atom. The van der Waals surface area contributed by atoms with Crippen LogP contribution in [0.5, 0.6) is 5.75 Å². The van der Waals surface area contributed by atoms with E-state index in [0.717, 1.165) is 5.56 Å². The fourth-order valence-corrected chi connectivity index (χ4v) is 2.12. The summed E-state index contributed by atoms with van der Waals surface area (Å²) in [6.45, 7) is 1.93. The maximum atomic E-state index is 12.7. The maximum absolute atomic E-state index is 12.7. The van der Waals surface area contributed by atoms with Crippen LogP contribution in [0.3, 0.4) is 0 Å². The zero-order valence-electron chi connectivity index (χ0n) is 9.69. The largest absolute Gasteiger partial charge is 0.506 e. The summed E-state index contributed by atoms with van der Waals surface area (Å²) >= 11 is 3.27. The first-order valence-electron chi connectivity index (χ1n) is 5.35. The lowest BCUT2D eigenvalue weighted by atomic mass is 10.1. The second-order valence-electron chi connectivity index (χ2n) is 3.92. The Hall–Kier alpha value is -1.68. The van der Waals surface area contributed by atoms with E-state index in [1.807, 2.05) is 19.1 Å². The molecule has 18 heavy (non-hydrogen) atoms. The number of aliphatic imine (C=N–C) groups is 1. The Labute approximate surface area is 113 Å². The third-order valence-corrected chi connectivity index (χ3v) is 3.02. The van der Waals surface area contributed by atoms with Gasteiger partial charge in [0.15, 0.2) is 0 Å². The van der Waals surface area contributed by atoms with Crippen LogP contribution in [0.2, 0.25) is 0 Å². The molecule has 0 aliphatic heterocycles. The number of rotatable bonds is 2. The number of phenols is 1. The lowest BCUT2D eigenvalue weighted by molar-refractivity contribution is 0.471. The summed E-state index contributed by atoms with van der Waals surface area (Å²) in [5.74, 6) is -0.151. The van der Waals surface area contributed by atoms with Gasteiger partial charge >= 0.3 is 0 Å². The highest BCUT2D eigenvalue weighted by atomic mass is 79.9. The maximum Gasteiger partial charge on any atom is 0.138 e. The molecule has 0 amide bonds. The quantitative estimate of drug-likeness (QED) is 0.822. The van der Waals surface area contributed by atoms with E-state index in [0.29, 0.717) is 15.7 Å². The van der Waals surface area contributed by atoms with Crippen molar-refractivity contribution in [2.75, 3.05) is 0 Å². The topological polar surface area (TPSA) is 32.6 Å². The molecule has 0 fully saturated rings. The fraction of sp³-hybridized carbons (Fsp3) is 0.0714. The van der Waals surface area contributed by atoms with Crippen LogP contribution < -0.4 is 0 Å². The Morgan fingerprint density at radius 3 is 2.56 bits per heavy atom. The molecule has 2 aromatic rings. The highest BCUT2D eigenvalue weighted by Crippen LogP contribution is 2.28. The van der Waals surface area contributed by atoms with E-state index >= 15 is 0 Å². The van der Waals surface area contributed by atoms with Gasteiger partial charge < -0.3 is 5.11 Å². The molecular formula is C14H11BrFNO. The Morgan fingerprint density at radius 1 is 1.22 bits per heavy atom. The van der Waals surface area contributed by atoms with Crippen molar-refractivity contribution in [3.63, 3.8) is 0 Å². The van der Waals surface area contributed by atoms with Crippen molar-refractivity contribution in [3.05, 3.63) is 57.8 Å². The number of aromatic hydroxyl groups is 1. The molecule has 0 aliphatic carbocycles. The molecular weight excluding hydrogens is 297 g/mol. The first kappa shape index (κ1) is 12.8. The minimum Gasteiger partial charge on any atom is -0.506 e. The van der Waals surface area contributed by atoms with Crippen LogP contribution in [0.1, 0.15) is 11.1 Å². The minimum absolute atomic E-state index is 0.145. The summed E-state index contributed by atoms with van der Waals surface area (Å²) in [4.78, 5) is 4.19. The number of halogens is 2. The van der Waals surface area contributed by atoms with Crippen LogP contribution in [0.25, 0.3) is 0 Å². The molecule has 0 spiro atoms. The number of phenolic OH excluding ortho intramolecular Hbond substituents is 1. The smallest absolute Gasteiger partial charge is 0.138 e. The lowest BCUT2D eigenvalue weighted by Gasteiger charge is -2.03. The molecule has 0 bridgehead atoms. The predicted molar refractivity (Wildman–Crippen MR) is 74.2 cm³/mol. The van der Waals surface area contributed by atoms with Crippen molar-refractivity contribution in [2.24, 2.45) is 4.99 Å². The molecule has 2 nitrogen and oxygen atoms in total. The average molecular weight is 308 g/mol. The molecule has 1 N–H and O–H groups in total. The molecule has 92 valence electrons. The van der Waals surface area contributed by atoms with E-state index < -0.39 is 0 Å². The van der Waals surface area contributed by atoms with E-state index in [-0.39, 0.29) is 11.6 Å². The van der Waals surface area contributed by atoms with Crippen molar-refractivity contribution < 1.29 is 9.50 Å². The number of benzene rings is 2. The first-order valence-corrected chi connectivity index (χ1v) is 6.14. The van der Waals surface area contributed by atoms with Gasteiger partial charge in [-0.05, 0) is 64.8 Å². The monoisotopic (exact) mass is 307 g/mol. The zero-order chi connectivity index (χ0) is 13.1. The molecule has 0 aromatic heterocycles. The molecule has 0 atom stereocenters. The lowest BCUT2D eigenvalue weighted by Crippen LogP contribution is -1.86. The van der Waals surface area contributed by atoms with E-state index in [9.17, 15) is 9.50 Å². The molecule has 0 unspecified atom stereocenters. The number of hydrogen-bond acceptors (Lipinski definition) is 2. The molecule has 2 aromatic carbocycles. The molecule has 0 radical (unpaired) electrons. The van der Waals surface area contributed by atoms with Gasteiger partial charge in [0.05, 0.1) is 10.2 Å².